The van der Waals surface area contributed by atoms with E-state index in [0.29, 0.717) is 22.4 Å². The van der Waals surface area contributed by atoms with Gasteiger partial charge in [0.15, 0.2) is 0 Å². The van der Waals surface area contributed by atoms with Gasteiger partial charge in [0, 0.05) is 5.56 Å². The highest BCUT2D eigenvalue weighted by molar-refractivity contribution is 9.10. The summed E-state index contributed by atoms with van der Waals surface area (Å²) in [4.78, 5) is 14.6. The van der Waals surface area contributed by atoms with Gasteiger partial charge in [0.05, 0.1) is 20.3 Å². The Morgan fingerprint density at radius 3 is 2.65 bits per heavy atom. The number of ether oxygens (including phenoxy) is 3. The van der Waals surface area contributed by atoms with E-state index in [4.69, 9.17) is 14.2 Å². The van der Waals surface area contributed by atoms with Crippen molar-refractivity contribution in [3.05, 3.63) is 70.0 Å². The lowest BCUT2D eigenvalue weighted by atomic mass is 9.87. The minimum atomic E-state index is -0.442. The first-order valence-corrected chi connectivity index (χ1v) is 13.0. The van der Waals surface area contributed by atoms with E-state index in [1.165, 1.54) is 22.5 Å². The summed E-state index contributed by atoms with van der Waals surface area (Å²) in [7, 11) is 0. The van der Waals surface area contributed by atoms with Crippen LogP contribution in [0.3, 0.4) is 0 Å². The molecule has 5 nitrogen and oxygen atoms in total. The molecule has 2 heterocycles. The maximum Gasteiger partial charge on any atom is 0.266 e. The average molecular weight is 545 g/mol. The molecule has 3 aromatic rings. The number of hydrogen-bond donors (Lipinski definition) is 1. The summed E-state index contributed by atoms with van der Waals surface area (Å²) in [6.07, 6.45) is 3.62. The molecule has 4 rings (SSSR count). The van der Waals surface area contributed by atoms with Crippen LogP contribution in [0.25, 0.3) is 12.7 Å². The van der Waals surface area contributed by atoms with E-state index in [-0.39, 0.29) is 5.56 Å². The molecule has 0 saturated heterocycles. The molecule has 34 heavy (non-hydrogen) atoms. The fourth-order valence-corrected chi connectivity index (χ4v) is 5.60. The number of aromatic nitrogens is 1. The second-order valence-electron chi connectivity index (χ2n) is 8.96. The Hall–Kier alpha value is -2.51. The largest absolute Gasteiger partial charge is 0.493 e. The molecule has 7 heteroatoms. The average Bonchev–Trinajstić information content (AvgIpc) is 3.11. The van der Waals surface area contributed by atoms with Crippen molar-refractivity contribution in [1.29, 1.82) is 0 Å². The molecule has 0 fully saturated rings. The maximum absolute atomic E-state index is 11.9. The molecule has 0 radical (unpaired) electrons. The first-order chi connectivity index (χ1) is 16.1. The second-order valence-corrected chi connectivity index (χ2v) is 11.0. The van der Waals surface area contributed by atoms with Gasteiger partial charge in [-0.1, -0.05) is 12.6 Å². The van der Waals surface area contributed by atoms with E-state index in [1.807, 2.05) is 31.2 Å². The number of aromatic amines is 1. The Balaban J connectivity index is 1.53. The summed E-state index contributed by atoms with van der Waals surface area (Å²) >= 11 is 4.95. The predicted molar refractivity (Wildman–Crippen MR) is 142 cm³/mol. The second kappa shape index (κ2) is 9.62. The molecule has 180 valence electrons. The van der Waals surface area contributed by atoms with Crippen LogP contribution >= 0.6 is 27.3 Å². The number of thiazole rings is 1. The number of hydrogen-bond acceptors (Lipinski definition) is 5. The van der Waals surface area contributed by atoms with Crippen LogP contribution in [-0.2, 0) is 6.42 Å². The van der Waals surface area contributed by atoms with Crippen LogP contribution in [0.4, 0.5) is 0 Å². The van der Waals surface area contributed by atoms with Gasteiger partial charge in [0.2, 0.25) is 0 Å². The zero-order chi connectivity index (χ0) is 24.6. The highest BCUT2D eigenvalue weighted by Gasteiger charge is 2.35. The first-order valence-electron chi connectivity index (χ1n) is 11.4. The molecular formula is C27H30BrNO4S. The number of H-pyrrole nitrogens is 1. The molecule has 2 aromatic carbocycles. The molecular weight excluding hydrogens is 514 g/mol. The third-order valence-corrected chi connectivity index (χ3v) is 7.84. The van der Waals surface area contributed by atoms with Crippen molar-refractivity contribution in [3.63, 3.8) is 0 Å². The molecule has 1 aromatic heterocycles. The van der Waals surface area contributed by atoms with Crippen LogP contribution < -0.4 is 29.0 Å². The van der Waals surface area contributed by atoms with E-state index >= 15 is 0 Å². The minimum Gasteiger partial charge on any atom is -0.493 e. The first kappa shape index (κ1) is 24.6. The van der Waals surface area contributed by atoms with Crippen LogP contribution in [0.2, 0.25) is 0 Å². The zero-order valence-corrected chi connectivity index (χ0v) is 22.7. The van der Waals surface area contributed by atoms with Gasteiger partial charge in [-0.2, -0.15) is 0 Å². The summed E-state index contributed by atoms with van der Waals surface area (Å²) in [5.41, 5.74) is 5.02. The highest BCUT2D eigenvalue weighted by atomic mass is 79.9. The summed E-state index contributed by atoms with van der Waals surface area (Å²) in [6.45, 7) is 15.3. The number of rotatable bonds is 6. The van der Waals surface area contributed by atoms with Crippen LogP contribution in [0.5, 0.6) is 17.2 Å². The summed E-state index contributed by atoms with van der Waals surface area (Å²) in [6, 6.07) is 5.80. The molecule has 0 amide bonds. The van der Waals surface area contributed by atoms with Crippen molar-refractivity contribution >= 4 is 39.9 Å². The molecule has 0 saturated carbocycles. The summed E-state index contributed by atoms with van der Waals surface area (Å²) < 4.78 is 20.8. The fraction of sp³-hybridized carbons (Fsp3) is 0.370. The molecule has 1 aliphatic heterocycles. The van der Waals surface area contributed by atoms with Gasteiger partial charge in [0.1, 0.15) is 29.5 Å². The van der Waals surface area contributed by atoms with Crippen LogP contribution in [-0.4, -0.2) is 23.8 Å². The summed E-state index contributed by atoms with van der Waals surface area (Å²) in [5.74, 6) is 2.69. The normalized spacial score (nSPS) is 17.9. The smallest absolute Gasteiger partial charge is 0.266 e. The highest BCUT2D eigenvalue weighted by Crippen LogP contribution is 2.44. The molecule has 1 atom stereocenters. The molecule has 0 spiro atoms. The van der Waals surface area contributed by atoms with Gasteiger partial charge in [-0.25, -0.2) is 0 Å². The predicted octanol–water partition coefficient (Wildman–Crippen LogP) is 4.92. The van der Waals surface area contributed by atoms with Crippen molar-refractivity contribution in [3.8, 4) is 17.2 Å². The zero-order valence-electron chi connectivity index (χ0n) is 20.3. The fourth-order valence-electron chi connectivity index (χ4n) is 4.34. The van der Waals surface area contributed by atoms with E-state index in [0.717, 1.165) is 51.3 Å². The Morgan fingerprint density at radius 2 is 2.00 bits per heavy atom. The molecule has 0 aliphatic carbocycles. The molecule has 0 unspecified atom stereocenters. The van der Waals surface area contributed by atoms with Crippen LogP contribution in [0, 0.1) is 20.8 Å². The van der Waals surface area contributed by atoms with Crippen molar-refractivity contribution in [2.75, 3.05) is 13.2 Å². The Labute approximate surface area is 212 Å². The van der Waals surface area contributed by atoms with Crippen molar-refractivity contribution in [1.82, 2.24) is 4.98 Å². The standard InChI is InChI=1S/C27H30BrNO4S/c1-7-31-24-15(2)16(3)25-20(17(24)4)10-11-27(6,33-25)14-32-22-9-8-19(12-21(22)28)13-23-26(30)29-18(5)34-23/h8-9,12-13H,5,7,10-11,14H2,1-4,6H3,(H,29,30)/b23-13+/t27-/m0/s1. The van der Waals surface area contributed by atoms with Gasteiger partial charge in [-0.05, 0) is 104 Å². The number of nitrogens with one attached hydrogen (secondary N) is 1. The molecule has 0 bridgehead atoms. The van der Waals surface area contributed by atoms with Gasteiger partial charge in [-0.15, -0.1) is 11.3 Å². The Bertz CT molecular complexity index is 1410. The van der Waals surface area contributed by atoms with Crippen molar-refractivity contribution in [2.45, 2.75) is 53.1 Å². The van der Waals surface area contributed by atoms with Crippen molar-refractivity contribution < 1.29 is 14.2 Å². The lowest BCUT2D eigenvalue weighted by molar-refractivity contribution is 0.0164. The van der Waals surface area contributed by atoms with Crippen LogP contribution in [0.15, 0.2) is 27.5 Å². The van der Waals surface area contributed by atoms with E-state index in [9.17, 15) is 4.79 Å². The number of halogens is 1. The SMILES string of the molecule is C=c1[nH]c(=O)/c(=C\c2ccc(OC[C@]3(C)CCc4c(C)c(OCC)c(C)c(C)c4O3)c(Br)c2)s1. The van der Waals surface area contributed by atoms with Gasteiger partial charge >= 0.3 is 0 Å². The van der Waals surface area contributed by atoms with E-state index < -0.39 is 5.60 Å². The van der Waals surface area contributed by atoms with Crippen LogP contribution in [0.1, 0.15) is 48.1 Å². The monoisotopic (exact) mass is 543 g/mol. The Morgan fingerprint density at radius 1 is 1.24 bits per heavy atom. The van der Waals surface area contributed by atoms with E-state index in [1.54, 1.807) is 0 Å². The number of benzene rings is 2. The molecule has 1 N–H and O–H groups in total. The molecule has 1 aliphatic rings. The lowest BCUT2D eigenvalue weighted by Crippen LogP contribution is -2.42. The van der Waals surface area contributed by atoms with Gasteiger partial charge in [0.25, 0.3) is 5.56 Å². The summed E-state index contributed by atoms with van der Waals surface area (Å²) in [5, 5.41) is 0. The maximum atomic E-state index is 11.9. The van der Waals surface area contributed by atoms with Gasteiger partial charge < -0.3 is 19.2 Å². The topological polar surface area (TPSA) is 60.6 Å². The van der Waals surface area contributed by atoms with Gasteiger partial charge in [-0.3, -0.25) is 4.79 Å². The Kier molecular flexibility index (Phi) is 6.97. The minimum absolute atomic E-state index is 0.122. The lowest BCUT2D eigenvalue weighted by Gasteiger charge is -2.38. The number of fused-ring (bicyclic) bond motifs is 1. The van der Waals surface area contributed by atoms with Crippen molar-refractivity contribution in [2.24, 2.45) is 0 Å². The third-order valence-electron chi connectivity index (χ3n) is 6.35. The third kappa shape index (κ3) is 4.82. The van der Waals surface area contributed by atoms with E-state index in [2.05, 4.69) is 55.2 Å². The quantitative estimate of drug-likeness (QED) is 0.479.